The number of carbonyl (C=O) groups excluding carboxylic acids is 3. The minimum absolute atomic E-state index is 0.114. The highest BCUT2D eigenvalue weighted by Gasteiger charge is 2.71. The van der Waals surface area contributed by atoms with E-state index in [2.05, 4.69) is 15.0 Å². The molecule has 12 heteroatoms. The first kappa shape index (κ1) is 21.9. The number of aliphatic hydroxyl groups excluding tert-OH is 1. The second kappa shape index (κ2) is 7.16. The molecular formula is C18H23N5O7. The molecule has 2 aromatic heterocycles. The molecule has 3 heterocycles. The molecule has 3 rings (SSSR count). The summed E-state index contributed by atoms with van der Waals surface area (Å²) >= 11 is 0. The highest BCUT2D eigenvalue weighted by Crippen LogP contribution is 2.46. The molecule has 12 nitrogen and oxygen atoms in total. The average molecular weight is 421 g/mol. The fourth-order valence-corrected chi connectivity index (χ4v) is 3.79. The summed E-state index contributed by atoms with van der Waals surface area (Å²) in [7, 11) is 3.45. The molecule has 162 valence electrons. The lowest BCUT2D eigenvalue weighted by molar-refractivity contribution is -0.303. The maximum atomic E-state index is 12.6. The van der Waals surface area contributed by atoms with Crippen LogP contribution in [-0.2, 0) is 19.1 Å². The van der Waals surface area contributed by atoms with E-state index in [0.29, 0.717) is 5.82 Å². The van der Waals surface area contributed by atoms with Crippen LogP contribution in [0.15, 0.2) is 12.7 Å². The van der Waals surface area contributed by atoms with Crippen LogP contribution in [0.2, 0.25) is 0 Å². The number of aromatic nitrogens is 4. The van der Waals surface area contributed by atoms with Crippen LogP contribution < -0.4 is 4.90 Å². The Morgan fingerprint density at radius 1 is 1.07 bits per heavy atom. The molecule has 1 fully saturated rings. The van der Waals surface area contributed by atoms with Gasteiger partial charge in [0.1, 0.15) is 18.5 Å². The first-order valence-electron chi connectivity index (χ1n) is 9.04. The van der Waals surface area contributed by atoms with Gasteiger partial charge in [-0.3, -0.25) is 19.0 Å². The van der Waals surface area contributed by atoms with E-state index in [1.807, 2.05) is 0 Å². The van der Waals surface area contributed by atoms with E-state index in [1.54, 1.807) is 19.0 Å². The van der Waals surface area contributed by atoms with E-state index in [9.17, 15) is 29.7 Å². The summed E-state index contributed by atoms with van der Waals surface area (Å²) < 4.78 is 6.73. The number of hydrogen-bond donors (Lipinski definition) is 3. The number of hydrogen-bond acceptors (Lipinski definition) is 11. The molecule has 0 aromatic carbocycles. The van der Waals surface area contributed by atoms with Gasteiger partial charge in [0, 0.05) is 14.1 Å². The number of aliphatic hydroxyl groups is 3. The van der Waals surface area contributed by atoms with Crippen LogP contribution in [-0.4, -0.2) is 89.7 Å². The van der Waals surface area contributed by atoms with Crippen LogP contribution in [0.1, 0.15) is 27.0 Å². The summed E-state index contributed by atoms with van der Waals surface area (Å²) in [5, 5.41) is 33.1. The predicted octanol–water partition coefficient (Wildman–Crippen LogP) is -1.62. The second-order valence-corrected chi connectivity index (χ2v) is 7.53. The maximum Gasteiger partial charge on any atom is 0.206 e. The summed E-state index contributed by atoms with van der Waals surface area (Å²) in [6, 6.07) is 0. The van der Waals surface area contributed by atoms with Crippen molar-refractivity contribution in [2.75, 3.05) is 19.0 Å². The number of anilines is 1. The molecule has 1 aliphatic rings. The van der Waals surface area contributed by atoms with Crippen molar-refractivity contribution >= 4 is 34.3 Å². The molecule has 0 amide bonds. The average Bonchev–Trinajstić information content (AvgIpc) is 3.09. The van der Waals surface area contributed by atoms with Crippen molar-refractivity contribution in [1.82, 2.24) is 19.5 Å². The lowest BCUT2D eigenvalue weighted by atomic mass is 9.68. The van der Waals surface area contributed by atoms with Gasteiger partial charge < -0.3 is 25.0 Å². The zero-order valence-electron chi connectivity index (χ0n) is 17.1. The van der Waals surface area contributed by atoms with Crippen molar-refractivity contribution in [1.29, 1.82) is 0 Å². The van der Waals surface area contributed by atoms with E-state index in [4.69, 9.17) is 4.74 Å². The molecule has 0 radical (unpaired) electrons. The molecule has 3 N–H and O–H groups in total. The number of nitrogens with zero attached hydrogens (tertiary/aromatic N) is 5. The number of ketones is 3. The van der Waals surface area contributed by atoms with Gasteiger partial charge in [-0.05, 0) is 20.8 Å². The molecule has 1 unspecified atom stereocenters. The number of fused-ring (bicyclic) bond motifs is 1. The molecule has 0 saturated carbocycles. The Bertz CT molecular complexity index is 1040. The molecule has 0 bridgehead atoms. The minimum Gasteiger partial charge on any atom is -0.386 e. The maximum absolute atomic E-state index is 12.6. The summed E-state index contributed by atoms with van der Waals surface area (Å²) in [6.45, 7) is 2.92. The number of ether oxygens (including phenoxy) is 1. The third-order valence-electron chi connectivity index (χ3n) is 5.42. The summed E-state index contributed by atoms with van der Waals surface area (Å²) in [5.41, 5.74) is -5.57. The van der Waals surface area contributed by atoms with E-state index in [0.717, 1.165) is 25.3 Å². The number of carbonyl (C=O) groups is 3. The largest absolute Gasteiger partial charge is 0.386 e. The van der Waals surface area contributed by atoms with Crippen LogP contribution in [0.5, 0.6) is 0 Å². The van der Waals surface area contributed by atoms with Crippen LogP contribution >= 0.6 is 0 Å². The Morgan fingerprint density at radius 3 is 2.17 bits per heavy atom. The molecule has 1 aliphatic heterocycles. The highest BCUT2D eigenvalue weighted by molar-refractivity contribution is 6.00. The standard InChI is InChI=1S/C18H23N5O7/c1-8(24)12-13(27)17(28,9(2)25)18(29,10(3)26)16(30-12)23-7-21-11-14(22(4)5)19-6-20-15(11)23/h6-7,12-13,16,27-29H,1-5H3/t12?,13-,16-,17-,18-/m1/s1. The van der Waals surface area contributed by atoms with Crippen LogP contribution in [0.3, 0.4) is 0 Å². The van der Waals surface area contributed by atoms with Crippen molar-refractivity contribution in [3.63, 3.8) is 0 Å². The van der Waals surface area contributed by atoms with Crippen molar-refractivity contribution in [3.8, 4) is 0 Å². The predicted molar refractivity (Wildman–Crippen MR) is 102 cm³/mol. The SMILES string of the molecule is CC(=O)C1O[C@@H](n2cnc3c(N(C)C)ncnc32)[C@](O)(C(C)=O)[C@@](O)(C(C)=O)[C@@H]1O. The Kier molecular flexibility index (Phi) is 5.23. The Balaban J connectivity index is 2.32. The normalized spacial score (nSPS) is 31.5. The van der Waals surface area contributed by atoms with Crippen molar-refractivity contribution in [2.24, 2.45) is 0 Å². The van der Waals surface area contributed by atoms with Gasteiger partial charge in [-0.1, -0.05) is 0 Å². The molecular weight excluding hydrogens is 398 g/mol. The van der Waals surface area contributed by atoms with E-state index >= 15 is 0 Å². The first-order valence-corrected chi connectivity index (χ1v) is 9.04. The van der Waals surface area contributed by atoms with Gasteiger partial charge in [-0.2, -0.15) is 0 Å². The first-order chi connectivity index (χ1) is 13.9. The molecule has 30 heavy (non-hydrogen) atoms. The fourth-order valence-electron chi connectivity index (χ4n) is 3.79. The number of rotatable bonds is 5. The van der Waals surface area contributed by atoms with Gasteiger partial charge in [-0.15, -0.1) is 0 Å². The second-order valence-electron chi connectivity index (χ2n) is 7.53. The zero-order chi connectivity index (χ0) is 22.6. The third-order valence-corrected chi connectivity index (χ3v) is 5.42. The Morgan fingerprint density at radius 2 is 1.67 bits per heavy atom. The van der Waals surface area contributed by atoms with Gasteiger partial charge in [0.15, 0.2) is 46.2 Å². The molecule has 2 aromatic rings. The van der Waals surface area contributed by atoms with E-state index < -0.39 is 47.0 Å². The number of imidazole rings is 1. The van der Waals surface area contributed by atoms with Gasteiger partial charge in [0.25, 0.3) is 0 Å². The number of Topliss-reactive ketones (excluding diaryl/α,β-unsaturated/α-hetero) is 3. The molecule has 0 spiro atoms. The highest BCUT2D eigenvalue weighted by atomic mass is 16.6. The monoisotopic (exact) mass is 421 g/mol. The van der Waals surface area contributed by atoms with Gasteiger partial charge in [-0.25, -0.2) is 15.0 Å². The molecule has 1 saturated heterocycles. The van der Waals surface area contributed by atoms with Crippen molar-refractivity contribution in [3.05, 3.63) is 12.7 Å². The summed E-state index contributed by atoms with van der Waals surface area (Å²) in [4.78, 5) is 51.1. The summed E-state index contributed by atoms with van der Waals surface area (Å²) in [6.07, 6.45) is -3.27. The van der Waals surface area contributed by atoms with Crippen molar-refractivity contribution < 1.29 is 34.4 Å². The fraction of sp³-hybridized carbons (Fsp3) is 0.556. The van der Waals surface area contributed by atoms with E-state index in [1.165, 1.54) is 12.7 Å². The smallest absolute Gasteiger partial charge is 0.206 e. The molecule has 5 atom stereocenters. The third kappa shape index (κ3) is 2.75. The summed E-state index contributed by atoms with van der Waals surface area (Å²) in [5.74, 6) is -2.47. The quantitative estimate of drug-likeness (QED) is 0.507. The van der Waals surface area contributed by atoms with Crippen LogP contribution in [0.4, 0.5) is 5.82 Å². The van der Waals surface area contributed by atoms with Crippen LogP contribution in [0, 0.1) is 0 Å². The van der Waals surface area contributed by atoms with Crippen LogP contribution in [0.25, 0.3) is 11.2 Å². The van der Waals surface area contributed by atoms with Crippen molar-refractivity contribution in [2.45, 2.75) is 50.4 Å². The van der Waals surface area contributed by atoms with E-state index in [-0.39, 0.29) is 11.2 Å². The topological polar surface area (TPSA) is 168 Å². The molecule has 0 aliphatic carbocycles. The lowest BCUT2D eigenvalue weighted by Crippen LogP contribution is -2.77. The Labute approximate surface area is 171 Å². The zero-order valence-corrected chi connectivity index (χ0v) is 17.1. The van der Waals surface area contributed by atoms with Gasteiger partial charge in [0.05, 0.1) is 6.33 Å². The lowest BCUT2D eigenvalue weighted by Gasteiger charge is -2.52. The minimum atomic E-state index is -3.02. The van der Waals surface area contributed by atoms with Gasteiger partial charge >= 0.3 is 0 Å². The Hall–Kier alpha value is -2.80. The van der Waals surface area contributed by atoms with Gasteiger partial charge in [0.2, 0.25) is 5.60 Å².